The molecule has 0 spiro atoms. The lowest BCUT2D eigenvalue weighted by atomic mass is 10.1. The molecule has 0 bridgehead atoms. The van der Waals surface area contributed by atoms with E-state index >= 15 is 0 Å². The van der Waals surface area contributed by atoms with Crippen LogP contribution in [0, 0.1) is 0 Å². The summed E-state index contributed by atoms with van der Waals surface area (Å²) in [5, 5.41) is 2.76. The number of nitrogens with zero attached hydrogens (tertiary/aromatic N) is 1. The number of amides is 2. The van der Waals surface area contributed by atoms with Crippen LogP contribution in [0.5, 0.6) is 5.75 Å². The van der Waals surface area contributed by atoms with E-state index in [0.717, 1.165) is 0 Å². The van der Waals surface area contributed by atoms with Crippen molar-refractivity contribution in [1.82, 2.24) is 4.90 Å². The van der Waals surface area contributed by atoms with E-state index in [1.165, 1.54) is 11.8 Å². The number of hydrogen-bond donors (Lipinski definition) is 1. The molecule has 0 aromatic heterocycles. The Hall–Kier alpha value is -2.09. The van der Waals surface area contributed by atoms with Gasteiger partial charge in [0, 0.05) is 18.2 Å². The molecule has 1 heterocycles. The predicted octanol–water partition coefficient (Wildman–Crippen LogP) is 2.33. The van der Waals surface area contributed by atoms with E-state index in [2.05, 4.69) is 5.32 Å². The van der Waals surface area contributed by atoms with Gasteiger partial charge in [0.1, 0.15) is 5.75 Å². The van der Waals surface area contributed by atoms with Crippen LogP contribution in [0.3, 0.4) is 0 Å². The summed E-state index contributed by atoms with van der Waals surface area (Å²) in [4.78, 5) is 25.8. The second-order valence-electron chi connectivity index (χ2n) is 5.97. The van der Waals surface area contributed by atoms with E-state index in [1.54, 1.807) is 25.1 Å². The first-order valence-corrected chi connectivity index (χ1v) is 10.1. The van der Waals surface area contributed by atoms with Crippen molar-refractivity contribution in [3.05, 3.63) is 23.8 Å². The molecule has 1 N–H and O–H groups in total. The van der Waals surface area contributed by atoms with E-state index in [-0.39, 0.29) is 23.3 Å². The number of anilines is 1. The Morgan fingerprint density at radius 3 is 2.56 bits per heavy atom. The maximum absolute atomic E-state index is 12.7. The van der Waals surface area contributed by atoms with Gasteiger partial charge in [0.15, 0.2) is 15.6 Å². The summed E-state index contributed by atoms with van der Waals surface area (Å²) in [5.41, 5.74) is 0.865. The Labute approximate surface area is 148 Å². The largest absolute Gasteiger partial charge is 0.492 e. The van der Waals surface area contributed by atoms with Crippen molar-refractivity contribution in [2.45, 2.75) is 33.2 Å². The summed E-state index contributed by atoms with van der Waals surface area (Å²) >= 11 is 0. The number of carbonyl (C=O) groups is 2. The summed E-state index contributed by atoms with van der Waals surface area (Å²) in [7, 11) is -3.08. The van der Waals surface area contributed by atoms with Crippen LogP contribution in [-0.2, 0) is 9.84 Å². The molecule has 1 aliphatic rings. The normalized spacial score (nSPS) is 18.6. The zero-order valence-corrected chi connectivity index (χ0v) is 15.6. The van der Waals surface area contributed by atoms with E-state index in [4.69, 9.17) is 4.74 Å². The summed E-state index contributed by atoms with van der Waals surface area (Å²) < 4.78 is 28.9. The van der Waals surface area contributed by atoms with Gasteiger partial charge in [-0.3, -0.25) is 4.79 Å². The fourth-order valence-electron chi connectivity index (χ4n) is 2.90. The van der Waals surface area contributed by atoms with Crippen LogP contribution >= 0.6 is 0 Å². The molecule has 2 amide bonds. The molecule has 1 atom stereocenters. The van der Waals surface area contributed by atoms with Crippen molar-refractivity contribution in [1.29, 1.82) is 0 Å². The number of Topliss-reactive ketones (excluding diaryl/α,β-unsaturated/α-hetero) is 1. The predicted molar refractivity (Wildman–Crippen MR) is 96.1 cm³/mol. The van der Waals surface area contributed by atoms with Crippen LogP contribution in [0.2, 0.25) is 0 Å². The number of rotatable bonds is 6. The average molecular weight is 368 g/mol. The van der Waals surface area contributed by atoms with Gasteiger partial charge in [0.05, 0.1) is 23.8 Å². The topological polar surface area (TPSA) is 92.8 Å². The number of ether oxygens (including phenoxy) is 1. The van der Waals surface area contributed by atoms with Crippen molar-refractivity contribution in [3.8, 4) is 5.75 Å². The lowest BCUT2D eigenvalue weighted by molar-refractivity contribution is 0.101. The highest BCUT2D eigenvalue weighted by atomic mass is 32.2. The summed E-state index contributed by atoms with van der Waals surface area (Å²) in [6.45, 7) is 5.89. The van der Waals surface area contributed by atoms with Gasteiger partial charge >= 0.3 is 6.03 Å². The molecule has 0 unspecified atom stereocenters. The smallest absolute Gasteiger partial charge is 0.322 e. The monoisotopic (exact) mass is 368 g/mol. The van der Waals surface area contributed by atoms with E-state index in [0.29, 0.717) is 36.6 Å². The van der Waals surface area contributed by atoms with Gasteiger partial charge in [0.2, 0.25) is 0 Å². The zero-order valence-electron chi connectivity index (χ0n) is 14.7. The molecule has 1 fully saturated rings. The fraction of sp³-hybridized carbons (Fsp3) is 0.529. The Balaban J connectivity index is 2.22. The lowest BCUT2D eigenvalue weighted by Gasteiger charge is -2.27. The molecule has 25 heavy (non-hydrogen) atoms. The quantitative estimate of drug-likeness (QED) is 0.778. The van der Waals surface area contributed by atoms with Gasteiger partial charge in [-0.25, -0.2) is 13.2 Å². The maximum Gasteiger partial charge on any atom is 0.322 e. The van der Waals surface area contributed by atoms with Crippen molar-refractivity contribution < 1.29 is 22.7 Å². The Morgan fingerprint density at radius 2 is 2.04 bits per heavy atom. The van der Waals surface area contributed by atoms with E-state index < -0.39 is 15.9 Å². The molecular weight excluding hydrogens is 344 g/mol. The molecule has 138 valence electrons. The van der Waals surface area contributed by atoms with Crippen LogP contribution in [0.4, 0.5) is 10.5 Å². The minimum atomic E-state index is -3.08. The number of sulfone groups is 1. The molecule has 0 saturated carbocycles. The number of benzene rings is 1. The highest BCUT2D eigenvalue weighted by Crippen LogP contribution is 2.27. The highest BCUT2D eigenvalue weighted by molar-refractivity contribution is 7.91. The lowest BCUT2D eigenvalue weighted by Crippen LogP contribution is -2.43. The molecule has 7 nitrogen and oxygen atoms in total. The molecular formula is C17H24N2O5S. The maximum atomic E-state index is 12.7. The van der Waals surface area contributed by atoms with Crippen molar-refractivity contribution in [2.24, 2.45) is 0 Å². The third-order valence-corrected chi connectivity index (χ3v) is 5.93. The minimum absolute atomic E-state index is 0.0138. The number of hydrogen-bond acceptors (Lipinski definition) is 5. The SMILES string of the molecule is CCOc1ccc(C(C)=O)cc1NC(=O)N(CC)[C@@H]1CCS(=O)(=O)C1. The second-order valence-corrected chi connectivity index (χ2v) is 8.20. The van der Waals surface area contributed by atoms with Crippen molar-refractivity contribution in [3.63, 3.8) is 0 Å². The average Bonchev–Trinajstić information content (AvgIpc) is 2.89. The number of carbonyl (C=O) groups excluding carboxylic acids is 2. The first-order valence-electron chi connectivity index (χ1n) is 8.33. The zero-order chi connectivity index (χ0) is 18.6. The molecule has 1 aromatic carbocycles. The van der Waals surface area contributed by atoms with Crippen LogP contribution in [0.15, 0.2) is 18.2 Å². The molecule has 1 aromatic rings. The first-order chi connectivity index (χ1) is 11.8. The summed E-state index contributed by atoms with van der Waals surface area (Å²) in [5.74, 6) is 0.439. The standard InChI is InChI=1S/C17H24N2O5S/c1-4-19(14-8-9-25(22,23)11-14)17(21)18-15-10-13(12(3)20)6-7-16(15)24-5-2/h6-7,10,14H,4-5,8-9,11H2,1-3H3,(H,18,21)/t14-/m1/s1. The van der Waals surface area contributed by atoms with Crippen molar-refractivity contribution in [2.75, 3.05) is 30.0 Å². The third kappa shape index (κ3) is 4.72. The Bertz CT molecular complexity index is 760. The Morgan fingerprint density at radius 1 is 1.32 bits per heavy atom. The van der Waals surface area contributed by atoms with Gasteiger partial charge in [-0.2, -0.15) is 0 Å². The van der Waals surface area contributed by atoms with Crippen LogP contribution in [-0.4, -0.2) is 55.8 Å². The van der Waals surface area contributed by atoms with Crippen molar-refractivity contribution >= 4 is 27.3 Å². The number of nitrogens with one attached hydrogen (secondary N) is 1. The minimum Gasteiger partial charge on any atom is -0.492 e. The molecule has 2 rings (SSSR count). The fourth-order valence-corrected chi connectivity index (χ4v) is 4.63. The van der Waals surface area contributed by atoms with E-state index in [9.17, 15) is 18.0 Å². The van der Waals surface area contributed by atoms with Crippen LogP contribution in [0.25, 0.3) is 0 Å². The van der Waals surface area contributed by atoms with Gasteiger partial charge in [0.25, 0.3) is 0 Å². The molecule has 8 heteroatoms. The van der Waals surface area contributed by atoms with Crippen LogP contribution in [0.1, 0.15) is 37.6 Å². The molecule has 0 radical (unpaired) electrons. The van der Waals surface area contributed by atoms with Gasteiger partial charge in [-0.1, -0.05) is 0 Å². The number of urea groups is 1. The molecule has 1 saturated heterocycles. The summed E-state index contributed by atoms with van der Waals surface area (Å²) in [6, 6.07) is 4.13. The summed E-state index contributed by atoms with van der Waals surface area (Å²) in [6.07, 6.45) is 0.440. The van der Waals surface area contributed by atoms with Gasteiger partial charge < -0.3 is 15.0 Å². The van der Waals surface area contributed by atoms with Crippen LogP contribution < -0.4 is 10.1 Å². The first kappa shape index (κ1) is 19.2. The van der Waals surface area contributed by atoms with E-state index in [1.807, 2.05) is 6.92 Å². The third-order valence-electron chi connectivity index (χ3n) is 4.18. The molecule has 0 aliphatic carbocycles. The van der Waals surface area contributed by atoms with Gasteiger partial charge in [-0.05, 0) is 45.4 Å². The highest BCUT2D eigenvalue weighted by Gasteiger charge is 2.34. The Kier molecular flexibility index (Phi) is 6.05. The number of ketones is 1. The second kappa shape index (κ2) is 7.86. The van der Waals surface area contributed by atoms with Gasteiger partial charge in [-0.15, -0.1) is 0 Å². The molecule has 1 aliphatic heterocycles.